The van der Waals surface area contributed by atoms with Gasteiger partial charge in [-0.1, -0.05) is 91.7 Å². The van der Waals surface area contributed by atoms with E-state index in [0.717, 1.165) is 49.2 Å². The van der Waals surface area contributed by atoms with E-state index in [1.165, 1.54) is 86.5 Å². The van der Waals surface area contributed by atoms with Crippen molar-refractivity contribution in [2.75, 3.05) is 0 Å². The van der Waals surface area contributed by atoms with E-state index in [4.69, 9.17) is 9.98 Å². The summed E-state index contributed by atoms with van der Waals surface area (Å²) in [4.78, 5) is 10.0. The fourth-order valence-electron chi connectivity index (χ4n) is 4.82. The maximum absolute atomic E-state index is 5.07. The number of nitrogens with zero attached hydrogens (tertiary/aromatic N) is 2. The van der Waals surface area contributed by atoms with Crippen molar-refractivity contribution < 1.29 is 16.5 Å². The minimum atomic E-state index is 0. The van der Waals surface area contributed by atoms with Gasteiger partial charge in [0.15, 0.2) is 0 Å². The molecular formula is C34H52N2Ni. The molecule has 2 nitrogen and oxygen atoms in total. The largest absolute Gasteiger partial charge is 0.255 e. The number of hydrogen-bond donors (Lipinski definition) is 0. The summed E-state index contributed by atoms with van der Waals surface area (Å²) >= 11 is 0. The molecule has 0 saturated heterocycles. The third-order valence-corrected chi connectivity index (χ3v) is 6.94. The van der Waals surface area contributed by atoms with E-state index in [2.05, 4.69) is 71.0 Å². The third kappa shape index (κ3) is 12.6. The standard InChI is InChI=1S/C34H52N2.Ni/c1-6-11-14-18-29-21-23-32(25-31(29)19-15-12-7-2)35-27-34(20-13-8-3)36-33-24-22-28(16-9-4)30(26-33)17-10-5;/h21-27H,6-20H2,1-5H3;/b35-27+,36-34+;. The Kier molecular flexibility index (Phi) is 18.2. The SMILES string of the molecule is CCCCCc1ccc(/N=C/C(CCCC)=N/c2ccc(CCC)c(CCC)c2)cc1CCCCC.[Ni]. The second-order valence-corrected chi connectivity index (χ2v) is 10.3. The molecule has 0 fully saturated rings. The first-order chi connectivity index (χ1) is 17.6. The van der Waals surface area contributed by atoms with E-state index in [0.29, 0.717) is 0 Å². The summed E-state index contributed by atoms with van der Waals surface area (Å²) in [6, 6.07) is 13.7. The Labute approximate surface area is 238 Å². The molecule has 208 valence electrons. The molecule has 0 radical (unpaired) electrons. The maximum atomic E-state index is 5.07. The van der Waals surface area contributed by atoms with Gasteiger partial charge in [0.25, 0.3) is 0 Å². The normalized spacial score (nSPS) is 11.8. The molecule has 0 unspecified atom stereocenters. The molecule has 0 N–H and O–H groups in total. The molecule has 0 atom stereocenters. The van der Waals surface area contributed by atoms with E-state index in [-0.39, 0.29) is 16.5 Å². The van der Waals surface area contributed by atoms with Crippen LogP contribution in [0, 0.1) is 0 Å². The summed E-state index contributed by atoms with van der Waals surface area (Å²) in [6.45, 7) is 11.3. The number of aryl methyl sites for hydroxylation is 4. The van der Waals surface area contributed by atoms with Gasteiger partial charge in [-0.3, -0.25) is 9.98 Å². The van der Waals surface area contributed by atoms with Gasteiger partial charge >= 0.3 is 0 Å². The zero-order chi connectivity index (χ0) is 26.0. The summed E-state index contributed by atoms with van der Waals surface area (Å²) in [6.07, 6.45) is 20.0. The van der Waals surface area contributed by atoms with Crippen LogP contribution < -0.4 is 0 Å². The predicted molar refractivity (Wildman–Crippen MR) is 162 cm³/mol. The van der Waals surface area contributed by atoms with E-state index in [9.17, 15) is 0 Å². The molecular weight excluding hydrogens is 495 g/mol. The Morgan fingerprint density at radius 3 is 1.70 bits per heavy atom. The number of benzene rings is 2. The monoisotopic (exact) mass is 546 g/mol. The van der Waals surface area contributed by atoms with Crippen molar-refractivity contribution in [3.63, 3.8) is 0 Å². The first kappa shape index (κ1) is 33.3. The van der Waals surface area contributed by atoms with Gasteiger partial charge in [-0.2, -0.15) is 0 Å². The van der Waals surface area contributed by atoms with Crippen molar-refractivity contribution in [3.05, 3.63) is 58.7 Å². The first-order valence-corrected chi connectivity index (χ1v) is 15.0. The topological polar surface area (TPSA) is 24.7 Å². The van der Waals surface area contributed by atoms with Gasteiger partial charge in [0.05, 0.1) is 17.1 Å². The van der Waals surface area contributed by atoms with E-state index in [1.807, 2.05) is 6.21 Å². The van der Waals surface area contributed by atoms with Crippen LogP contribution in [0.3, 0.4) is 0 Å². The van der Waals surface area contributed by atoms with Crippen LogP contribution in [-0.2, 0) is 42.2 Å². The zero-order valence-electron chi connectivity index (χ0n) is 24.4. The van der Waals surface area contributed by atoms with Crippen LogP contribution in [0.25, 0.3) is 0 Å². The molecule has 0 aromatic heterocycles. The van der Waals surface area contributed by atoms with Gasteiger partial charge in [-0.05, 0) is 97.9 Å². The minimum absolute atomic E-state index is 0. The van der Waals surface area contributed by atoms with Crippen LogP contribution >= 0.6 is 0 Å². The molecule has 0 saturated carbocycles. The van der Waals surface area contributed by atoms with Crippen molar-refractivity contribution in [1.29, 1.82) is 0 Å². The van der Waals surface area contributed by atoms with Crippen LogP contribution in [0.5, 0.6) is 0 Å². The number of aliphatic imine (C=N–C) groups is 2. The Morgan fingerprint density at radius 1 is 0.568 bits per heavy atom. The van der Waals surface area contributed by atoms with Gasteiger partial charge in [-0.25, -0.2) is 0 Å². The Morgan fingerprint density at radius 2 is 1.08 bits per heavy atom. The van der Waals surface area contributed by atoms with Crippen LogP contribution in [0.15, 0.2) is 46.4 Å². The van der Waals surface area contributed by atoms with Crippen molar-refractivity contribution in [2.24, 2.45) is 9.98 Å². The molecule has 3 heteroatoms. The van der Waals surface area contributed by atoms with Crippen molar-refractivity contribution in [1.82, 2.24) is 0 Å². The smallest absolute Gasteiger partial charge is 0.0636 e. The van der Waals surface area contributed by atoms with E-state index in [1.54, 1.807) is 0 Å². The van der Waals surface area contributed by atoms with Crippen LogP contribution in [0.1, 0.15) is 128 Å². The molecule has 0 amide bonds. The minimum Gasteiger partial charge on any atom is -0.255 e. The molecule has 0 heterocycles. The van der Waals surface area contributed by atoms with E-state index >= 15 is 0 Å². The number of unbranched alkanes of at least 4 members (excludes halogenated alkanes) is 5. The first-order valence-electron chi connectivity index (χ1n) is 15.0. The molecule has 0 aliphatic heterocycles. The summed E-state index contributed by atoms with van der Waals surface area (Å²) in [5.74, 6) is 0. The van der Waals surface area contributed by atoms with Gasteiger partial charge < -0.3 is 0 Å². The van der Waals surface area contributed by atoms with Gasteiger partial charge in [0, 0.05) is 22.7 Å². The summed E-state index contributed by atoms with van der Waals surface area (Å²) < 4.78 is 0. The number of hydrogen-bond acceptors (Lipinski definition) is 2. The zero-order valence-corrected chi connectivity index (χ0v) is 25.3. The Hall–Kier alpha value is -1.73. The van der Waals surface area contributed by atoms with Crippen LogP contribution in [-0.4, -0.2) is 11.9 Å². The molecule has 0 aliphatic rings. The molecule has 0 spiro atoms. The average Bonchev–Trinajstić information content (AvgIpc) is 2.88. The summed E-state index contributed by atoms with van der Waals surface area (Å²) in [7, 11) is 0. The third-order valence-electron chi connectivity index (χ3n) is 6.94. The number of rotatable bonds is 18. The Bertz CT molecular complexity index is 945. The van der Waals surface area contributed by atoms with Crippen molar-refractivity contribution >= 4 is 23.3 Å². The second-order valence-electron chi connectivity index (χ2n) is 10.3. The Balaban J connectivity index is 0.00000684. The van der Waals surface area contributed by atoms with Gasteiger partial charge in [-0.15, -0.1) is 0 Å². The average molecular weight is 547 g/mol. The fourth-order valence-corrected chi connectivity index (χ4v) is 4.82. The molecule has 2 rings (SSSR count). The summed E-state index contributed by atoms with van der Waals surface area (Å²) in [5, 5.41) is 0. The van der Waals surface area contributed by atoms with Crippen LogP contribution in [0.4, 0.5) is 11.4 Å². The molecule has 2 aromatic carbocycles. The molecule has 0 aliphatic carbocycles. The van der Waals surface area contributed by atoms with Crippen molar-refractivity contribution in [3.8, 4) is 0 Å². The van der Waals surface area contributed by atoms with Crippen LogP contribution in [0.2, 0.25) is 0 Å². The maximum Gasteiger partial charge on any atom is 0.0636 e. The fraction of sp³-hybridized carbons (Fsp3) is 0.588. The van der Waals surface area contributed by atoms with Crippen molar-refractivity contribution in [2.45, 2.75) is 131 Å². The molecule has 37 heavy (non-hydrogen) atoms. The molecule has 2 aromatic rings. The second kappa shape index (κ2) is 20.3. The molecule has 0 bridgehead atoms. The quantitative estimate of drug-likeness (QED) is 0.101. The summed E-state index contributed by atoms with van der Waals surface area (Å²) in [5.41, 5.74) is 9.19. The van der Waals surface area contributed by atoms with E-state index < -0.39 is 0 Å². The van der Waals surface area contributed by atoms with Gasteiger partial charge in [0.1, 0.15) is 0 Å². The van der Waals surface area contributed by atoms with Gasteiger partial charge in [0.2, 0.25) is 0 Å². The predicted octanol–water partition coefficient (Wildman–Crippen LogP) is 10.7.